The zero-order valence-corrected chi connectivity index (χ0v) is 9.28. The number of rotatable bonds is 4. The fourth-order valence-corrected chi connectivity index (χ4v) is 2.20. The number of hydrogen-bond donors (Lipinski definition) is 1. The largest absolute Gasteiger partial charge is 0.477 e. The summed E-state index contributed by atoms with van der Waals surface area (Å²) in [5, 5.41) is 8.61. The molecule has 0 amide bonds. The zero-order valence-electron chi connectivity index (χ0n) is 8.47. The molecule has 1 heterocycles. The maximum Gasteiger partial charge on any atom is 0.395 e. The molecule has 0 saturated carbocycles. The van der Waals surface area contributed by atoms with Crippen molar-refractivity contribution in [2.75, 3.05) is 0 Å². The lowest BCUT2D eigenvalue weighted by Crippen LogP contribution is -2.11. The summed E-state index contributed by atoms with van der Waals surface area (Å²) in [6.07, 6.45) is -4.48. The summed E-state index contributed by atoms with van der Waals surface area (Å²) in [7, 11) is 0. The minimum Gasteiger partial charge on any atom is -0.477 e. The number of carboxylic acid groups (broad SMARTS) is 1. The van der Waals surface area contributed by atoms with Gasteiger partial charge in [0.05, 0.1) is 12.1 Å². The van der Waals surface area contributed by atoms with Gasteiger partial charge in [0.2, 0.25) is 0 Å². The summed E-state index contributed by atoms with van der Waals surface area (Å²) in [4.78, 5) is 14.4. The predicted molar refractivity (Wildman–Crippen MR) is 52.8 cm³/mol. The van der Waals surface area contributed by atoms with Crippen molar-refractivity contribution in [1.82, 2.24) is 4.98 Å². The molecule has 3 nitrogen and oxygen atoms in total. The maximum atomic E-state index is 12.1. The number of carboxylic acids is 1. The number of aromatic nitrogens is 1. The zero-order chi connectivity index (χ0) is 12.3. The van der Waals surface area contributed by atoms with E-state index >= 15 is 0 Å². The van der Waals surface area contributed by atoms with Gasteiger partial charge in [-0.05, 0) is 6.42 Å². The van der Waals surface area contributed by atoms with Crippen LogP contribution < -0.4 is 0 Å². The Morgan fingerprint density at radius 3 is 2.56 bits per heavy atom. The van der Waals surface area contributed by atoms with Crippen LogP contribution in [0.5, 0.6) is 0 Å². The molecular weight excluding hydrogens is 243 g/mol. The number of aromatic carboxylic acids is 1. The lowest BCUT2D eigenvalue weighted by atomic mass is 10.2. The Hall–Kier alpha value is -1.11. The standard InChI is InChI=1S/C9H10F3NO2S/c1-2-3-5-7(8(14)15)16-6(13-5)4-9(10,11)12/h2-4H2,1H3,(H,14,15). The Bertz CT molecular complexity index is 387. The van der Waals surface area contributed by atoms with Crippen LogP contribution in [0, 0.1) is 0 Å². The van der Waals surface area contributed by atoms with Crippen LogP contribution in [0.2, 0.25) is 0 Å². The summed E-state index contributed by atoms with van der Waals surface area (Å²) >= 11 is 0.604. The van der Waals surface area contributed by atoms with E-state index in [1.54, 1.807) is 0 Å². The molecule has 0 aliphatic carbocycles. The van der Waals surface area contributed by atoms with Crippen LogP contribution in [0.25, 0.3) is 0 Å². The second kappa shape index (κ2) is 4.82. The third kappa shape index (κ3) is 3.48. The third-order valence-corrected chi connectivity index (χ3v) is 2.86. The van der Waals surface area contributed by atoms with E-state index in [1.165, 1.54) is 0 Å². The number of nitrogens with zero attached hydrogens (tertiary/aromatic N) is 1. The van der Waals surface area contributed by atoms with Gasteiger partial charge in [-0.25, -0.2) is 9.78 Å². The molecule has 1 N–H and O–H groups in total. The minimum absolute atomic E-state index is 0.0823. The number of thiazole rings is 1. The van der Waals surface area contributed by atoms with Gasteiger partial charge in [-0.1, -0.05) is 13.3 Å². The molecule has 0 saturated heterocycles. The summed E-state index contributed by atoms with van der Waals surface area (Å²) in [6.45, 7) is 1.81. The van der Waals surface area contributed by atoms with Crippen molar-refractivity contribution in [2.45, 2.75) is 32.4 Å². The molecule has 0 bridgehead atoms. The smallest absolute Gasteiger partial charge is 0.395 e. The molecule has 1 rings (SSSR count). The van der Waals surface area contributed by atoms with Crippen molar-refractivity contribution < 1.29 is 23.1 Å². The molecular formula is C9H10F3NO2S. The lowest BCUT2D eigenvalue weighted by Gasteiger charge is -2.01. The predicted octanol–water partition coefficient (Wildman–Crippen LogP) is 2.90. The van der Waals surface area contributed by atoms with Gasteiger partial charge >= 0.3 is 12.1 Å². The quantitative estimate of drug-likeness (QED) is 0.897. The highest BCUT2D eigenvalue weighted by Crippen LogP contribution is 2.27. The van der Waals surface area contributed by atoms with Crippen molar-refractivity contribution in [1.29, 1.82) is 0 Å². The average molecular weight is 253 g/mol. The average Bonchev–Trinajstić information content (AvgIpc) is 2.45. The highest BCUT2D eigenvalue weighted by Gasteiger charge is 2.30. The second-order valence-corrected chi connectivity index (χ2v) is 4.31. The third-order valence-electron chi connectivity index (χ3n) is 1.77. The van der Waals surface area contributed by atoms with Gasteiger partial charge in [0.15, 0.2) is 0 Å². The molecule has 0 radical (unpaired) electrons. The second-order valence-electron chi connectivity index (χ2n) is 3.23. The van der Waals surface area contributed by atoms with Gasteiger partial charge in [0, 0.05) is 0 Å². The summed E-state index contributed by atoms with van der Waals surface area (Å²) < 4.78 is 36.3. The first kappa shape index (κ1) is 13.0. The van der Waals surface area contributed by atoms with Crippen molar-refractivity contribution >= 4 is 17.3 Å². The number of alkyl halides is 3. The summed E-state index contributed by atoms with van der Waals surface area (Å²) in [5.41, 5.74) is 0.249. The van der Waals surface area contributed by atoms with Gasteiger partial charge < -0.3 is 5.11 Å². The van der Waals surface area contributed by atoms with E-state index in [4.69, 9.17) is 5.11 Å². The van der Waals surface area contributed by atoms with E-state index in [9.17, 15) is 18.0 Å². The molecule has 0 fully saturated rings. The molecule has 0 spiro atoms. The molecule has 16 heavy (non-hydrogen) atoms. The molecule has 1 aromatic rings. The number of hydrogen-bond acceptors (Lipinski definition) is 3. The van der Waals surface area contributed by atoms with E-state index < -0.39 is 18.6 Å². The Labute approximate surface area is 93.9 Å². The van der Waals surface area contributed by atoms with Crippen molar-refractivity contribution in [3.8, 4) is 0 Å². The number of aryl methyl sites for hydroxylation is 1. The van der Waals surface area contributed by atoms with Crippen LogP contribution in [-0.2, 0) is 12.8 Å². The Kier molecular flexibility index (Phi) is 3.90. The van der Waals surface area contributed by atoms with Crippen LogP contribution in [0.1, 0.15) is 33.7 Å². The Morgan fingerprint density at radius 2 is 2.12 bits per heavy atom. The van der Waals surface area contributed by atoms with Gasteiger partial charge in [0.1, 0.15) is 9.88 Å². The summed E-state index contributed by atoms with van der Waals surface area (Å²) in [5.74, 6) is -1.21. The number of carbonyl (C=O) groups is 1. The topological polar surface area (TPSA) is 50.2 Å². The monoisotopic (exact) mass is 253 g/mol. The maximum absolute atomic E-state index is 12.1. The molecule has 0 aliphatic heterocycles. The normalized spacial score (nSPS) is 11.8. The lowest BCUT2D eigenvalue weighted by molar-refractivity contribution is -0.127. The van der Waals surface area contributed by atoms with E-state index in [1.807, 2.05) is 6.92 Å². The van der Waals surface area contributed by atoms with Crippen molar-refractivity contribution in [2.24, 2.45) is 0 Å². The fraction of sp³-hybridized carbons (Fsp3) is 0.556. The van der Waals surface area contributed by atoms with Crippen LogP contribution in [0.15, 0.2) is 0 Å². The molecule has 1 aromatic heterocycles. The van der Waals surface area contributed by atoms with E-state index in [-0.39, 0.29) is 15.6 Å². The molecule has 0 unspecified atom stereocenters. The van der Waals surface area contributed by atoms with Crippen LogP contribution >= 0.6 is 11.3 Å². The highest BCUT2D eigenvalue weighted by atomic mass is 32.1. The first-order valence-corrected chi connectivity index (χ1v) is 5.43. The molecule has 90 valence electrons. The highest BCUT2D eigenvalue weighted by molar-refractivity contribution is 7.13. The SMILES string of the molecule is CCCc1nc(CC(F)(F)F)sc1C(=O)O. The van der Waals surface area contributed by atoms with Gasteiger partial charge in [0.25, 0.3) is 0 Å². The van der Waals surface area contributed by atoms with Crippen LogP contribution in [-0.4, -0.2) is 22.2 Å². The van der Waals surface area contributed by atoms with Crippen molar-refractivity contribution in [3.63, 3.8) is 0 Å². The Balaban J connectivity index is 2.97. The molecule has 0 aliphatic rings. The first-order valence-electron chi connectivity index (χ1n) is 4.62. The van der Waals surface area contributed by atoms with E-state index in [2.05, 4.69) is 4.98 Å². The van der Waals surface area contributed by atoms with Crippen LogP contribution in [0.3, 0.4) is 0 Å². The van der Waals surface area contributed by atoms with Gasteiger partial charge in [-0.2, -0.15) is 13.2 Å². The van der Waals surface area contributed by atoms with E-state index in [0.717, 1.165) is 0 Å². The van der Waals surface area contributed by atoms with Gasteiger partial charge in [-0.3, -0.25) is 0 Å². The van der Waals surface area contributed by atoms with Gasteiger partial charge in [-0.15, -0.1) is 11.3 Å². The number of halogens is 3. The minimum atomic E-state index is -4.35. The molecule has 0 atom stereocenters. The van der Waals surface area contributed by atoms with E-state index in [0.29, 0.717) is 24.2 Å². The fourth-order valence-electron chi connectivity index (χ4n) is 1.22. The van der Waals surface area contributed by atoms with Crippen molar-refractivity contribution in [3.05, 3.63) is 15.6 Å². The molecule has 7 heteroatoms. The Morgan fingerprint density at radius 1 is 1.50 bits per heavy atom. The summed E-state index contributed by atoms with van der Waals surface area (Å²) in [6, 6.07) is 0. The first-order chi connectivity index (χ1) is 7.33. The molecule has 0 aromatic carbocycles. The van der Waals surface area contributed by atoms with Crippen LogP contribution in [0.4, 0.5) is 13.2 Å².